The van der Waals surface area contributed by atoms with Crippen molar-refractivity contribution < 1.29 is 4.79 Å². The van der Waals surface area contributed by atoms with E-state index in [1.807, 2.05) is 18.2 Å². The minimum absolute atomic E-state index is 0. The highest BCUT2D eigenvalue weighted by Gasteiger charge is 2.04. The number of halogens is 1. The summed E-state index contributed by atoms with van der Waals surface area (Å²) in [5.41, 5.74) is 5.42. The number of anilines is 1. The van der Waals surface area contributed by atoms with Gasteiger partial charge in [-0.05, 0) is 31.9 Å². The topological polar surface area (TPSA) is 80.0 Å². The molecule has 1 rings (SSSR count). The van der Waals surface area contributed by atoms with Gasteiger partial charge in [-0.1, -0.05) is 6.07 Å². The maximum Gasteiger partial charge on any atom is 0.236 e. The van der Waals surface area contributed by atoms with E-state index in [1.165, 1.54) is 0 Å². The molecule has 0 spiro atoms. The van der Waals surface area contributed by atoms with Crippen LogP contribution in [0, 0.1) is 0 Å². The number of hydrogen-bond acceptors (Lipinski definition) is 4. The van der Waals surface area contributed by atoms with Crippen LogP contribution in [0.3, 0.4) is 0 Å². The zero-order chi connectivity index (χ0) is 12.5. The van der Waals surface area contributed by atoms with Gasteiger partial charge in [0.05, 0.1) is 6.04 Å². The lowest BCUT2D eigenvalue weighted by Gasteiger charge is -2.08. The highest BCUT2D eigenvalue weighted by Crippen LogP contribution is 1.99. The third kappa shape index (κ3) is 7.09. The molecule has 0 aliphatic rings. The standard InChI is InChI=1S/C12H20N4O.ClH/c1-10(13)12(17)16-9-5-4-8-15-11-6-2-3-7-14-11;/h2-3,6-7,10H,4-5,8-9,13H2,1H3,(H,14,15)(H,16,17);1H. The monoisotopic (exact) mass is 272 g/mol. The number of amides is 1. The lowest BCUT2D eigenvalue weighted by Crippen LogP contribution is -2.38. The predicted octanol–water partition coefficient (Wildman–Crippen LogP) is 1.16. The molecule has 0 fully saturated rings. The molecular formula is C12H21ClN4O. The first kappa shape index (κ1) is 16.7. The highest BCUT2D eigenvalue weighted by molar-refractivity contribution is 5.85. The van der Waals surface area contributed by atoms with Gasteiger partial charge in [-0.2, -0.15) is 0 Å². The fourth-order valence-corrected chi connectivity index (χ4v) is 1.31. The van der Waals surface area contributed by atoms with Gasteiger partial charge in [0.15, 0.2) is 0 Å². The lowest BCUT2D eigenvalue weighted by molar-refractivity contribution is -0.121. The van der Waals surface area contributed by atoms with Crippen LogP contribution in [0.25, 0.3) is 0 Å². The summed E-state index contributed by atoms with van der Waals surface area (Å²) in [6.45, 7) is 3.20. The summed E-state index contributed by atoms with van der Waals surface area (Å²) in [7, 11) is 0. The Bertz CT molecular complexity index is 332. The first-order valence-electron chi connectivity index (χ1n) is 5.88. The van der Waals surface area contributed by atoms with Crippen molar-refractivity contribution in [2.24, 2.45) is 5.73 Å². The fourth-order valence-electron chi connectivity index (χ4n) is 1.31. The molecule has 0 aromatic carbocycles. The van der Waals surface area contributed by atoms with Gasteiger partial charge in [0.1, 0.15) is 5.82 Å². The number of carbonyl (C=O) groups is 1. The molecule has 0 saturated heterocycles. The number of carbonyl (C=O) groups excluding carboxylic acids is 1. The second-order valence-electron chi connectivity index (χ2n) is 3.93. The van der Waals surface area contributed by atoms with Gasteiger partial charge in [0.2, 0.25) is 5.91 Å². The minimum Gasteiger partial charge on any atom is -0.370 e. The van der Waals surface area contributed by atoms with E-state index in [0.717, 1.165) is 25.2 Å². The van der Waals surface area contributed by atoms with Crippen LogP contribution in [0.2, 0.25) is 0 Å². The molecule has 1 atom stereocenters. The van der Waals surface area contributed by atoms with Gasteiger partial charge in [0.25, 0.3) is 0 Å². The summed E-state index contributed by atoms with van der Waals surface area (Å²) in [6, 6.07) is 5.33. The molecule has 1 heterocycles. The Labute approximate surface area is 114 Å². The number of unbranched alkanes of at least 4 members (excludes halogenated alkanes) is 1. The fraction of sp³-hybridized carbons (Fsp3) is 0.500. The molecule has 4 N–H and O–H groups in total. The van der Waals surface area contributed by atoms with Gasteiger partial charge in [-0.3, -0.25) is 4.79 Å². The number of nitrogens with two attached hydrogens (primary N) is 1. The molecule has 6 heteroatoms. The van der Waals surface area contributed by atoms with E-state index in [9.17, 15) is 4.79 Å². The van der Waals surface area contributed by atoms with Crippen molar-refractivity contribution in [1.82, 2.24) is 10.3 Å². The Hall–Kier alpha value is -1.33. The van der Waals surface area contributed by atoms with Crippen LogP contribution < -0.4 is 16.4 Å². The number of nitrogens with zero attached hydrogens (tertiary/aromatic N) is 1. The summed E-state index contributed by atoms with van der Waals surface area (Å²) in [5, 5.41) is 5.98. The van der Waals surface area contributed by atoms with Gasteiger partial charge < -0.3 is 16.4 Å². The smallest absolute Gasteiger partial charge is 0.236 e. The van der Waals surface area contributed by atoms with E-state index < -0.39 is 6.04 Å². The molecule has 102 valence electrons. The number of aromatic nitrogens is 1. The average Bonchev–Trinajstić information content (AvgIpc) is 2.34. The summed E-state index contributed by atoms with van der Waals surface area (Å²) in [4.78, 5) is 15.3. The van der Waals surface area contributed by atoms with Crippen molar-refractivity contribution in [2.45, 2.75) is 25.8 Å². The second kappa shape index (κ2) is 9.67. The molecule has 0 saturated carbocycles. The third-order valence-electron chi connectivity index (χ3n) is 2.29. The first-order valence-corrected chi connectivity index (χ1v) is 5.88. The highest BCUT2D eigenvalue weighted by atomic mass is 35.5. The normalized spacial score (nSPS) is 11.2. The Morgan fingerprint density at radius 3 is 2.72 bits per heavy atom. The Morgan fingerprint density at radius 1 is 1.39 bits per heavy atom. The first-order chi connectivity index (χ1) is 8.20. The molecule has 0 aliphatic heterocycles. The molecule has 1 aromatic heterocycles. The maximum atomic E-state index is 11.1. The molecule has 5 nitrogen and oxygen atoms in total. The van der Waals surface area contributed by atoms with Crippen LogP contribution in [-0.2, 0) is 4.79 Å². The lowest BCUT2D eigenvalue weighted by atomic mass is 10.3. The number of hydrogen-bond donors (Lipinski definition) is 3. The van der Waals surface area contributed by atoms with Crippen LogP contribution in [0.5, 0.6) is 0 Å². The summed E-state index contributed by atoms with van der Waals surface area (Å²) < 4.78 is 0. The van der Waals surface area contributed by atoms with Crippen molar-refractivity contribution in [3.8, 4) is 0 Å². The van der Waals surface area contributed by atoms with Gasteiger partial charge in [0, 0.05) is 19.3 Å². The molecule has 0 bridgehead atoms. The van der Waals surface area contributed by atoms with Crippen molar-refractivity contribution in [2.75, 3.05) is 18.4 Å². The van der Waals surface area contributed by atoms with Gasteiger partial charge in [-0.25, -0.2) is 4.98 Å². The number of rotatable bonds is 7. The molecular weight excluding hydrogens is 252 g/mol. The zero-order valence-electron chi connectivity index (χ0n) is 10.6. The van der Waals surface area contributed by atoms with Crippen LogP contribution in [0.4, 0.5) is 5.82 Å². The van der Waals surface area contributed by atoms with E-state index in [4.69, 9.17) is 5.73 Å². The van der Waals surface area contributed by atoms with E-state index in [2.05, 4.69) is 15.6 Å². The average molecular weight is 273 g/mol. The van der Waals surface area contributed by atoms with Crippen molar-refractivity contribution in [1.29, 1.82) is 0 Å². The van der Waals surface area contributed by atoms with E-state index in [1.54, 1.807) is 13.1 Å². The molecule has 1 unspecified atom stereocenters. The Balaban J connectivity index is 0.00000289. The summed E-state index contributed by atoms with van der Waals surface area (Å²) in [6.07, 6.45) is 3.67. The maximum absolute atomic E-state index is 11.1. The van der Waals surface area contributed by atoms with E-state index in [0.29, 0.717) is 6.54 Å². The summed E-state index contributed by atoms with van der Waals surface area (Å²) >= 11 is 0. The SMILES string of the molecule is CC(N)C(=O)NCCCCNc1ccccn1.Cl. The van der Waals surface area contributed by atoms with Crippen LogP contribution in [-0.4, -0.2) is 30.0 Å². The van der Waals surface area contributed by atoms with Crippen LogP contribution in [0.1, 0.15) is 19.8 Å². The molecule has 1 amide bonds. The van der Waals surface area contributed by atoms with Crippen LogP contribution >= 0.6 is 12.4 Å². The predicted molar refractivity (Wildman–Crippen MR) is 75.9 cm³/mol. The van der Waals surface area contributed by atoms with Crippen molar-refractivity contribution >= 4 is 24.1 Å². The van der Waals surface area contributed by atoms with Crippen molar-refractivity contribution in [3.63, 3.8) is 0 Å². The van der Waals surface area contributed by atoms with Crippen LogP contribution in [0.15, 0.2) is 24.4 Å². The Kier molecular flexibility index (Phi) is 8.96. The zero-order valence-corrected chi connectivity index (χ0v) is 11.4. The molecule has 0 radical (unpaired) electrons. The number of pyridine rings is 1. The second-order valence-corrected chi connectivity index (χ2v) is 3.93. The minimum atomic E-state index is -0.429. The van der Waals surface area contributed by atoms with E-state index >= 15 is 0 Å². The third-order valence-corrected chi connectivity index (χ3v) is 2.29. The van der Waals surface area contributed by atoms with Gasteiger partial charge in [-0.15, -0.1) is 12.4 Å². The van der Waals surface area contributed by atoms with Crippen molar-refractivity contribution in [3.05, 3.63) is 24.4 Å². The summed E-state index contributed by atoms with van der Waals surface area (Å²) in [5.74, 6) is 0.787. The quantitative estimate of drug-likeness (QED) is 0.651. The van der Waals surface area contributed by atoms with Gasteiger partial charge >= 0.3 is 0 Å². The molecule has 1 aromatic rings. The molecule has 0 aliphatic carbocycles. The molecule has 18 heavy (non-hydrogen) atoms. The number of nitrogens with one attached hydrogen (secondary N) is 2. The van der Waals surface area contributed by atoms with E-state index in [-0.39, 0.29) is 18.3 Å². The largest absolute Gasteiger partial charge is 0.370 e. The Morgan fingerprint density at radius 2 is 2.11 bits per heavy atom.